The second-order valence-electron chi connectivity index (χ2n) is 6.53. The number of alkyl halides is 3. The molecule has 2 aromatic carbocycles. The van der Waals surface area contributed by atoms with Gasteiger partial charge in [0.2, 0.25) is 5.91 Å². The fourth-order valence-corrected chi connectivity index (χ4v) is 3.14. The Kier molecular flexibility index (Phi) is 4.80. The first-order valence-electron chi connectivity index (χ1n) is 8.90. The number of nitrogens with zero attached hydrogens (tertiary/aromatic N) is 2. The Labute approximate surface area is 164 Å². The monoisotopic (exact) mass is 395 g/mol. The lowest BCUT2D eigenvalue weighted by molar-refractivity contribution is -0.137. The summed E-state index contributed by atoms with van der Waals surface area (Å²) in [5.74, 6) is -0.0794. The zero-order valence-corrected chi connectivity index (χ0v) is 15.1. The molecule has 0 radical (unpaired) electrons. The molecule has 0 aliphatic heterocycles. The molecular formula is C22H16F3N3O. The highest BCUT2D eigenvalue weighted by molar-refractivity contribution is 5.95. The highest BCUT2D eigenvalue weighted by Gasteiger charge is 2.31. The van der Waals surface area contributed by atoms with Gasteiger partial charge in [-0.05, 0) is 17.7 Å². The summed E-state index contributed by atoms with van der Waals surface area (Å²) in [5, 5.41) is 2.75. The van der Waals surface area contributed by atoms with Crippen LogP contribution in [0.1, 0.15) is 11.1 Å². The topological polar surface area (TPSA) is 46.4 Å². The standard InChI is InChI=1S/C22H16F3N3O/c23-22(24,25)17-11-12-28-18(14-17)26-21(20(28)16-9-5-2-6-10-16)27-19(29)13-15-7-3-1-4-8-15/h1-12,14H,13H2,(H,27,29). The van der Waals surface area contributed by atoms with Crippen LogP contribution in [-0.4, -0.2) is 15.3 Å². The van der Waals surface area contributed by atoms with E-state index in [9.17, 15) is 18.0 Å². The Morgan fingerprint density at radius 2 is 1.62 bits per heavy atom. The van der Waals surface area contributed by atoms with E-state index < -0.39 is 11.7 Å². The van der Waals surface area contributed by atoms with Crippen LogP contribution in [0.2, 0.25) is 0 Å². The number of hydrogen-bond acceptors (Lipinski definition) is 2. The van der Waals surface area contributed by atoms with Crippen molar-refractivity contribution < 1.29 is 18.0 Å². The van der Waals surface area contributed by atoms with Crippen molar-refractivity contribution in [1.29, 1.82) is 0 Å². The van der Waals surface area contributed by atoms with Crippen LogP contribution < -0.4 is 5.32 Å². The summed E-state index contributed by atoms with van der Waals surface area (Å²) in [6, 6.07) is 20.2. The molecule has 2 heterocycles. The Morgan fingerprint density at radius 3 is 2.28 bits per heavy atom. The number of benzene rings is 2. The lowest BCUT2D eigenvalue weighted by Gasteiger charge is -2.09. The predicted octanol–water partition coefficient (Wildman–Crippen LogP) is 5.20. The number of carbonyl (C=O) groups excluding carboxylic acids is 1. The SMILES string of the molecule is O=C(Cc1ccccc1)Nc1nc2cc(C(F)(F)F)ccn2c1-c1ccccc1. The van der Waals surface area contributed by atoms with E-state index in [0.29, 0.717) is 5.69 Å². The van der Waals surface area contributed by atoms with Crippen molar-refractivity contribution in [3.05, 3.63) is 90.1 Å². The van der Waals surface area contributed by atoms with E-state index in [4.69, 9.17) is 0 Å². The van der Waals surface area contributed by atoms with Gasteiger partial charge in [0.05, 0.1) is 17.7 Å². The molecular weight excluding hydrogens is 379 g/mol. The summed E-state index contributed by atoms with van der Waals surface area (Å²) in [7, 11) is 0. The van der Waals surface area contributed by atoms with Crippen molar-refractivity contribution in [1.82, 2.24) is 9.38 Å². The number of amides is 1. The van der Waals surface area contributed by atoms with Crippen molar-refractivity contribution in [3.8, 4) is 11.3 Å². The maximum atomic E-state index is 13.1. The number of rotatable bonds is 4. The third-order valence-corrected chi connectivity index (χ3v) is 4.47. The normalized spacial score (nSPS) is 11.6. The highest BCUT2D eigenvalue weighted by Crippen LogP contribution is 2.33. The summed E-state index contributed by atoms with van der Waals surface area (Å²) < 4.78 is 40.8. The average molecular weight is 395 g/mol. The van der Waals surface area contributed by atoms with Crippen LogP contribution in [0, 0.1) is 0 Å². The van der Waals surface area contributed by atoms with Crippen LogP contribution in [0.25, 0.3) is 16.9 Å². The van der Waals surface area contributed by atoms with Gasteiger partial charge in [-0.3, -0.25) is 9.20 Å². The number of carbonyl (C=O) groups is 1. The maximum Gasteiger partial charge on any atom is 0.416 e. The maximum absolute atomic E-state index is 13.1. The Hall–Kier alpha value is -3.61. The Bertz CT molecular complexity index is 1150. The molecule has 7 heteroatoms. The lowest BCUT2D eigenvalue weighted by atomic mass is 10.1. The molecule has 146 valence electrons. The van der Waals surface area contributed by atoms with E-state index in [-0.39, 0.29) is 23.8 Å². The molecule has 0 aliphatic rings. The van der Waals surface area contributed by atoms with Crippen molar-refractivity contribution in [2.75, 3.05) is 5.32 Å². The van der Waals surface area contributed by atoms with Gasteiger partial charge in [0.1, 0.15) is 5.65 Å². The van der Waals surface area contributed by atoms with Crippen LogP contribution >= 0.6 is 0 Å². The first-order valence-corrected chi connectivity index (χ1v) is 8.90. The summed E-state index contributed by atoms with van der Waals surface area (Å²) in [6.45, 7) is 0. The first-order chi connectivity index (χ1) is 13.9. The third-order valence-electron chi connectivity index (χ3n) is 4.47. The van der Waals surface area contributed by atoms with Crippen molar-refractivity contribution in [2.45, 2.75) is 12.6 Å². The summed E-state index contributed by atoms with van der Waals surface area (Å²) >= 11 is 0. The molecule has 0 saturated carbocycles. The van der Waals surface area contributed by atoms with E-state index in [0.717, 1.165) is 23.3 Å². The molecule has 29 heavy (non-hydrogen) atoms. The molecule has 4 aromatic rings. The van der Waals surface area contributed by atoms with Crippen molar-refractivity contribution in [2.24, 2.45) is 0 Å². The number of imidazole rings is 1. The molecule has 0 spiro atoms. The largest absolute Gasteiger partial charge is 0.416 e. The van der Waals surface area contributed by atoms with E-state index in [1.54, 1.807) is 4.40 Å². The molecule has 0 aliphatic carbocycles. The Morgan fingerprint density at radius 1 is 0.966 bits per heavy atom. The smallest absolute Gasteiger partial charge is 0.309 e. The summed E-state index contributed by atoms with van der Waals surface area (Å²) in [4.78, 5) is 16.8. The number of anilines is 1. The number of hydrogen-bond donors (Lipinski definition) is 1. The van der Waals surface area contributed by atoms with Gasteiger partial charge >= 0.3 is 6.18 Å². The van der Waals surface area contributed by atoms with Crippen molar-refractivity contribution in [3.63, 3.8) is 0 Å². The van der Waals surface area contributed by atoms with E-state index in [1.807, 2.05) is 60.7 Å². The lowest BCUT2D eigenvalue weighted by Crippen LogP contribution is -2.15. The first kappa shape index (κ1) is 18.7. The van der Waals surface area contributed by atoms with Gasteiger partial charge < -0.3 is 5.32 Å². The molecule has 4 nitrogen and oxygen atoms in total. The zero-order valence-electron chi connectivity index (χ0n) is 15.1. The van der Waals surface area contributed by atoms with Crippen molar-refractivity contribution >= 4 is 17.4 Å². The second-order valence-corrected chi connectivity index (χ2v) is 6.53. The minimum atomic E-state index is -4.47. The summed E-state index contributed by atoms with van der Waals surface area (Å²) in [5.41, 5.74) is 1.39. The van der Waals surface area contributed by atoms with E-state index in [2.05, 4.69) is 10.3 Å². The average Bonchev–Trinajstić information content (AvgIpc) is 3.05. The van der Waals surface area contributed by atoms with Crippen LogP contribution in [0.4, 0.5) is 19.0 Å². The third kappa shape index (κ3) is 3.99. The second kappa shape index (κ2) is 7.43. The van der Waals surface area contributed by atoms with Gasteiger partial charge in [-0.25, -0.2) is 4.98 Å². The minimum Gasteiger partial charge on any atom is -0.309 e. The molecule has 0 bridgehead atoms. The van der Waals surface area contributed by atoms with Crippen LogP contribution in [-0.2, 0) is 17.4 Å². The number of fused-ring (bicyclic) bond motifs is 1. The van der Waals surface area contributed by atoms with Crippen LogP contribution in [0.5, 0.6) is 0 Å². The molecule has 0 atom stereocenters. The predicted molar refractivity (Wildman–Crippen MR) is 104 cm³/mol. The molecule has 4 rings (SSSR count). The highest BCUT2D eigenvalue weighted by atomic mass is 19.4. The fourth-order valence-electron chi connectivity index (χ4n) is 3.14. The van der Waals surface area contributed by atoms with Gasteiger partial charge in [-0.1, -0.05) is 60.7 Å². The summed E-state index contributed by atoms with van der Waals surface area (Å²) in [6.07, 6.45) is -3.02. The quantitative estimate of drug-likeness (QED) is 0.516. The van der Waals surface area contributed by atoms with Crippen LogP contribution in [0.15, 0.2) is 79.0 Å². The van der Waals surface area contributed by atoms with Gasteiger partial charge in [0.15, 0.2) is 5.82 Å². The van der Waals surface area contributed by atoms with Gasteiger partial charge in [-0.2, -0.15) is 13.2 Å². The van der Waals surface area contributed by atoms with Gasteiger partial charge in [0, 0.05) is 11.8 Å². The number of halogens is 3. The molecule has 0 fully saturated rings. The van der Waals surface area contributed by atoms with Gasteiger partial charge in [-0.15, -0.1) is 0 Å². The number of aromatic nitrogens is 2. The minimum absolute atomic E-state index is 0.105. The molecule has 2 aromatic heterocycles. The molecule has 1 amide bonds. The molecule has 0 saturated heterocycles. The number of pyridine rings is 1. The molecule has 0 unspecified atom stereocenters. The van der Waals surface area contributed by atoms with Crippen LogP contribution in [0.3, 0.4) is 0 Å². The molecule has 1 N–H and O–H groups in total. The number of nitrogens with one attached hydrogen (secondary N) is 1. The van der Waals surface area contributed by atoms with E-state index >= 15 is 0 Å². The zero-order chi connectivity index (χ0) is 20.4. The van der Waals surface area contributed by atoms with Gasteiger partial charge in [0.25, 0.3) is 0 Å². The van der Waals surface area contributed by atoms with E-state index in [1.165, 1.54) is 6.20 Å². The fraction of sp³-hybridized carbons (Fsp3) is 0.0909. The Balaban J connectivity index is 1.76.